The van der Waals surface area contributed by atoms with Gasteiger partial charge in [0, 0.05) is 11.0 Å². The molecule has 1 rings (SSSR count). The second-order valence-corrected chi connectivity index (χ2v) is 5.16. The van der Waals surface area contributed by atoms with Gasteiger partial charge in [0.05, 0.1) is 20.8 Å². The third-order valence-corrected chi connectivity index (χ3v) is 3.25. The van der Waals surface area contributed by atoms with Gasteiger partial charge in [-0.25, -0.2) is 0 Å². The maximum absolute atomic E-state index is 9.51. The summed E-state index contributed by atoms with van der Waals surface area (Å²) in [5.41, 5.74) is 1.78. The molecular weight excluding hydrogens is 228 g/mol. The molecule has 3 nitrogen and oxygen atoms in total. The fourth-order valence-electron chi connectivity index (χ4n) is 2.04. The third kappa shape index (κ3) is 2.96. The average molecular weight is 252 g/mol. The maximum Gasteiger partial charge on any atom is 0.123 e. The molecule has 0 saturated heterocycles. The lowest BCUT2D eigenvalue weighted by atomic mass is 9.84. The molecule has 0 fully saturated rings. The Hall–Kier alpha value is -1.22. The number of hydrogen-bond acceptors (Lipinski definition) is 3. The molecule has 18 heavy (non-hydrogen) atoms. The summed E-state index contributed by atoms with van der Waals surface area (Å²) in [5, 5.41) is 9.51. The number of aliphatic hydroxyl groups excluding tert-OH is 1. The predicted octanol–water partition coefficient (Wildman–Crippen LogP) is 2.93. The molecular formula is C15H24O3. The van der Waals surface area contributed by atoms with Crippen LogP contribution in [-0.2, 0) is 11.8 Å². The Morgan fingerprint density at radius 2 is 1.72 bits per heavy atom. The molecule has 0 atom stereocenters. The first-order chi connectivity index (χ1) is 8.50. The SMILES string of the molecule is CCCc1cc(OC)c(C(C)(C)CO)cc1OC. The quantitative estimate of drug-likeness (QED) is 0.846. The van der Waals surface area contributed by atoms with Crippen molar-refractivity contribution in [1.82, 2.24) is 0 Å². The lowest BCUT2D eigenvalue weighted by Crippen LogP contribution is -2.23. The van der Waals surface area contributed by atoms with Gasteiger partial charge in [0.1, 0.15) is 11.5 Å². The van der Waals surface area contributed by atoms with Crippen molar-refractivity contribution in [1.29, 1.82) is 0 Å². The summed E-state index contributed by atoms with van der Waals surface area (Å²) in [4.78, 5) is 0. The van der Waals surface area contributed by atoms with Gasteiger partial charge >= 0.3 is 0 Å². The van der Waals surface area contributed by atoms with Crippen molar-refractivity contribution in [3.63, 3.8) is 0 Å². The molecule has 0 aliphatic heterocycles. The molecule has 0 heterocycles. The Morgan fingerprint density at radius 1 is 1.11 bits per heavy atom. The van der Waals surface area contributed by atoms with Gasteiger partial charge in [-0.3, -0.25) is 0 Å². The van der Waals surface area contributed by atoms with E-state index in [2.05, 4.69) is 6.92 Å². The van der Waals surface area contributed by atoms with E-state index in [1.807, 2.05) is 26.0 Å². The van der Waals surface area contributed by atoms with Crippen molar-refractivity contribution < 1.29 is 14.6 Å². The molecule has 1 aromatic carbocycles. The van der Waals surface area contributed by atoms with Crippen molar-refractivity contribution in [3.05, 3.63) is 23.3 Å². The maximum atomic E-state index is 9.51. The lowest BCUT2D eigenvalue weighted by molar-refractivity contribution is 0.214. The van der Waals surface area contributed by atoms with Crippen molar-refractivity contribution in [2.75, 3.05) is 20.8 Å². The number of benzene rings is 1. The molecule has 1 N–H and O–H groups in total. The lowest BCUT2D eigenvalue weighted by Gasteiger charge is -2.26. The number of aliphatic hydroxyl groups is 1. The first-order valence-corrected chi connectivity index (χ1v) is 6.36. The van der Waals surface area contributed by atoms with Crippen LogP contribution < -0.4 is 9.47 Å². The molecule has 0 saturated carbocycles. The minimum Gasteiger partial charge on any atom is -0.496 e. The van der Waals surface area contributed by atoms with Crippen LogP contribution in [0.1, 0.15) is 38.3 Å². The number of methoxy groups -OCH3 is 2. The zero-order valence-corrected chi connectivity index (χ0v) is 12.0. The van der Waals surface area contributed by atoms with Gasteiger partial charge in [-0.15, -0.1) is 0 Å². The van der Waals surface area contributed by atoms with E-state index in [1.165, 1.54) is 0 Å². The smallest absolute Gasteiger partial charge is 0.123 e. The van der Waals surface area contributed by atoms with Crippen LogP contribution in [-0.4, -0.2) is 25.9 Å². The standard InChI is InChI=1S/C15H24O3/c1-6-7-11-8-14(18-5)12(9-13(11)17-4)15(2,3)10-16/h8-9,16H,6-7,10H2,1-5H3. The van der Waals surface area contributed by atoms with Crippen molar-refractivity contribution in [2.24, 2.45) is 0 Å². The Bertz CT molecular complexity index is 397. The van der Waals surface area contributed by atoms with Crippen LogP contribution in [0.5, 0.6) is 11.5 Å². The molecule has 0 bridgehead atoms. The van der Waals surface area contributed by atoms with Gasteiger partial charge in [-0.05, 0) is 24.1 Å². The zero-order valence-electron chi connectivity index (χ0n) is 12.0. The van der Waals surface area contributed by atoms with Gasteiger partial charge in [0.2, 0.25) is 0 Å². The molecule has 0 unspecified atom stereocenters. The number of hydrogen-bond donors (Lipinski definition) is 1. The summed E-state index contributed by atoms with van der Waals surface area (Å²) < 4.78 is 10.9. The third-order valence-electron chi connectivity index (χ3n) is 3.25. The fraction of sp³-hybridized carbons (Fsp3) is 0.600. The molecule has 0 aliphatic rings. The van der Waals surface area contributed by atoms with Gasteiger partial charge in [-0.1, -0.05) is 27.2 Å². The molecule has 0 spiro atoms. The topological polar surface area (TPSA) is 38.7 Å². The minimum atomic E-state index is -0.344. The van der Waals surface area contributed by atoms with E-state index in [9.17, 15) is 5.11 Å². The molecule has 0 aromatic heterocycles. The molecule has 3 heteroatoms. The van der Waals surface area contributed by atoms with Crippen LogP contribution in [0.3, 0.4) is 0 Å². The Balaban J connectivity index is 3.34. The van der Waals surface area contributed by atoms with Crippen molar-refractivity contribution >= 4 is 0 Å². The highest BCUT2D eigenvalue weighted by molar-refractivity contribution is 5.49. The Labute approximate surface area is 110 Å². The minimum absolute atomic E-state index is 0.0691. The highest BCUT2D eigenvalue weighted by Gasteiger charge is 2.25. The van der Waals surface area contributed by atoms with Crippen LogP contribution in [0.25, 0.3) is 0 Å². The van der Waals surface area contributed by atoms with Crippen molar-refractivity contribution in [2.45, 2.75) is 39.0 Å². The Kier molecular flexibility index (Phi) is 5.03. The summed E-state index contributed by atoms with van der Waals surface area (Å²) in [6.45, 7) is 6.19. The van der Waals surface area contributed by atoms with E-state index in [1.54, 1.807) is 14.2 Å². The summed E-state index contributed by atoms with van der Waals surface area (Å²) >= 11 is 0. The molecule has 102 valence electrons. The highest BCUT2D eigenvalue weighted by Crippen LogP contribution is 2.37. The second-order valence-electron chi connectivity index (χ2n) is 5.16. The molecule has 1 aromatic rings. The van der Waals surface area contributed by atoms with E-state index >= 15 is 0 Å². The van der Waals surface area contributed by atoms with Crippen LogP contribution in [0.2, 0.25) is 0 Å². The number of aryl methyl sites for hydroxylation is 1. The summed E-state index contributed by atoms with van der Waals surface area (Å²) in [5.74, 6) is 1.69. The molecule has 0 aliphatic carbocycles. The first kappa shape index (κ1) is 14.8. The number of ether oxygens (including phenoxy) is 2. The van der Waals surface area contributed by atoms with Gasteiger partial charge in [-0.2, -0.15) is 0 Å². The average Bonchev–Trinajstić information content (AvgIpc) is 2.38. The van der Waals surface area contributed by atoms with Gasteiger partial charge in [0.25, 0.3) is 0 Å². The summed E-state index contributed by atoms with van der Waals surface area (Å²) in [6.07, 6.45) is 2.02. The largest absolute Gasteiger partial charge is 0.496 e. The monoisotopic (exact) mass is 252 g/mol. The second kappa shape index (κ2) is 6.10. The van der Waals surface area contributed by atoms with Crippen molar-refractivity contribution in [3.8, 4) is 11.5 Å². The van der Waals surface area contributed by atoms with E-state index < -0.39 is 0 Å². The molecule has 0 radical (unpaired) electrons. The van der Waals surface area contributed by atoms with E-state index in [-0.39, 0.29) is 12.0 Å². The van der Waals surface area contributed by atoms with Crippen LogP contribution in [0.4, 0.5) is 0 Å². The zero-order chi connectivity index (χ0) is 13.8. The predicted molar refractivity (Wildman–Crippen MR) is 73.7 cm³/mol. The van der Waals surface area contributed by atoms with Crippen LogP contribution in [0.15, 0.2) is 12.1 Å². The summed E-state index contributed by atoms with van der Waals surface area (Å²) in [6, 6.07) is 4.01. The molecule has 0 amide bonds. The van der Waals surface area contributed by atoms with Gasteiger partial charge < -0.3 is 14.6 Å². The Morgan fingerprint density at radius 3 is 2.17 bits per heavy atom. The fourth-order valence-corrected chi connectivity index (χ4v) is 2.04. The van der Waals surface area contributed by atoms with Crippen LogP contribution in [0, 0.1) is 0 Å². The van der Waals surface area contributed by atoms with E-state index in [0.29, 0.717) is 0 Å². The van der Waals surface area contributed by atoms with E-state index in [4.69, 9.17) is 9.47 Å². The first-order valence-electron chi connectivity index (χ1n) is 6.36. The number of rotatable bonds is 6. The van der Waals surface area contributed by atoms with Gasteiger partial charge in [0.15, 0.2) is 0 Å². The normalized spacial score (nSPS) is 11.4. The summed E-state index contributed by atoms with van der Waals surface area (Å²) in [7, 11) is 3.34. The van der Waals surface area contributed by atoms with Crippen LogP contribution >= 0.6 is 0 Å². The highest BCUT2D eigenvalue weighted by atomic mass is 16.5. The van der Waals surface area contributed by atoms with E-state index in [0.717, 1.165) is 35.5 Å².